The van der Waals surface area contributed by atoms with Crippen LogP contribution in [0.15, 0.2) is 45.3 Å². The van der Waals surface area contributed by atoms with Crippen LogP contribution in [0, 0.1) is 0 Å². The second-order valence-electron chi connectivity index (χ2n) is 4.68. The lowest BCUT2D eigenvalue weighted by Gasteiger charge is -2.09. The summed E-state index contributed by atoms with van der Waals surface area (Å²) in [6.07, 6.45) is 0.369. The number of rotatable bonds is 2. The molecule has 0 atom stereocenters. The molecular formula is C15H10Br2N2O2. The molecule has 0 spiro atoms. The third-order valence-electron chi connectivity index (χ3n) is 3.17. The Hall–Kier alpha value is -1.66. The second-order valence-corrected chi connectivity index (χ2v) is 6.45. The van der Waals surface area contributed by atoms with Crippen LogP contribution in [0.5, 0.6) is 0 Å². The highest BCUT2D eigenvalue weighted by molar-refractivity contribution is 9.11. The topological polar surface area (TPSA) is 58.2 Å². The van der Waals surface area contributed by atoms with E-state index in [4.69, 9.17) is 0 Å². The number of carbonyl (C=O) groups excluding carboxylic acids is 2. The van der Waals surface area contributed by atoms with Gasteiger partial charge in [-0.1, -0.05) is 22.0 Å². The molecule has 0 saturated carbocycles. The maximum absolute atomic E-state index is 12.3. The summed E-state index contributed by atoms with van der Waals surface area (Å²) in [7, 11) is 0. The molecule has 0 aliphatic carbocycles. The molecule has 0 aromatic heterocycles. The van der Waals surface area contributed by atoms with Crippen LogP contribution in [0.2, 0.25) is 0 Å². The van der Waals surface area contributed by atoms with Gasteiger partial charge in [-0.15, -0.1) is 0 Å². The van der Waals surface area contributed by atoms with E-state index in [1.54, 1.807) is 18.2 Å². The van der Waals surface area contributed by atoms with Crippen molar-refractivity contribution in [2.24, 2.45) is 0 Å². The number of anilines is 2. The van der Waals surface area contributed by atoms with Gasteiger partial charge in [-0.3, -0.25) is 9.59 Å². The van der Waals surface area contributed by atoms with Crippen molar-refractivity contribution in [3.05, 3.63) is 56.5 Å². The molecule has 2 N–H and O–H groups in total. The number of hydrogen-bond acceptors (Lipinski definition) is 2. The van der Waals surface area contributed by atoms with Gasteiger partial charge >= 0.3 is 0 Å². The van der Waals surface area contributed by atoms with Gasteiger partial charge in [0.15, 0.2) is 0 Å². The van der Waals surface area contributed by atoms with Crippen LogP contribution in [0.25, 0.3) is 0 Å². The van der Waals surface area contributed by atoms with Crippen LogP contribution in [0.4, 0.5) is 11.4 Å². The molecule has 1 aliphatic rings. The Morgan fingerprint density at radius 1 is 1.14 bits per heavy atom. The predicted octanol–water partition coefficient (Wildman–Crippen LogP) is 3.96. The molecule has 21 heavy (non-hydrogen) atoms. The van der Waals surface area contributed by atoms with Gasteiger partial charge < -0.3 is 10.6 Å². The molecule has 1 aliphatic heterocycles. The van der Waals surface area contributed by atoms with Crippen LogP contribution in [-0.2, 0) is 11.2 Å². The maximum Gasteiger partial charge on any atom is 0.255 e. The van der Waals surface area contributed by atoms with E-state index in [-0.39, 0.29) is 11.8 Å². The van der Waals surface area contributed by atoms with Crippen molar-refractivity contribution in [2.75, 3.05) is 10.6 Å². The van der Waals surface area contributed by atoms with Gasteiger partial charge in [0.2, 0.25) is 5.91 Å². The van der Waals surface area contributed by atoms with E-state index in [0.717, 1.165) is 14.5 Å². The van der Waals surface area contributed by atoms with Crippen molar-refractivity contribution < 1.29 is 9.59 Å². The average molecular weight is 410 g/mol. The Bertz CT molecular complexity index is 759. The van der Waals surface area contributed by atoms with Crippen molar-refractivity contribution in [2.45, 2.75) is 6.42 Å². The van der Waals surface area contributed by atoms with Gasteiger partial charge in [-0.05, 0) is 51.8 Å². The molecule has 6 heteroatoms. The fraction of sp³-hybridized carbons (Fsp3) is 0.0667. The summed E-state index contributed by atoms with van der Waals surface area (Å²) in [5.41, 5.74) is 2.81. The molecule has 0 bridgehead atoms. The molecule has 4 nitrogen and oxygen atoms in total. The monoisotopic (exact) mass is 408 g/mol. The molecule has 2 aromatic carbocycles. The number of amides is 2. The van der Waals surface area contributed by atoms with E-state index in [1.165, 1.54) is 0 Å². The fourth-order valence-corrected chi connectivity index (χ4v) is 2.85. The van der Waals surface area contributed by atoms with Gasteiger partial charge in [0.05, 0.1) is 12.1 Å². The van der Waals surface area contributed by atoms with Crippen LogP contribution in [-0.4, -0.2) is 11.8 Å². The quantitative estimate of drug-likeness (QED) is 0.788. The highest BCUT2D eigenvalue weighted by Crippen LogP contribution is 2.28. The fourth-order valence-electron chi connectivity index (χ4n) is 2.14. The molecule has 0 saturated heterocycles. The van der Waals surface area contributed by atoms with Gasteiger partial charge in [0, 0.05) is 20.2 Å². The lowest BCUT2D eigenvalue weighted by Crippen LogP contribution is -2.12. The zero-order valence-electron chi connectivity index (χ0n) is 10.7. The first-order valence-electron chi connectivity index (χ1n) is 6.22. The van der Waals surface area contributed by atoms with Crippen molar-refractivity contribution >= 4 is 55.0 Å². The summed E-state index contributed by atoms with van der Waals surface area (Å²) in [6.45, 7) is 0. The SMILES string of the molecule is O=C1Cc2ccc(C(=O)Nc3cc(Br)ccc3Br)cc2N1. The van der Waals surface area contributed by atoms with E-state index < -0.39 is 0 Å². The van der Waals surface area contributed by atoms with E-state index >= 15 is 0 Å². The molecule has 106 valence electrons. The van der Waals surface area contributed by atoms with Gasteiger partial charge in [0.25, 0.3) is 5.91 Å². The number of benzene rings is 2. The molecule has 2 aromatic rings. The second kappa shape index (κ2) is 5.61. The maximum atomic E-state index is 12.3. The van der Waals surface area contributed by atoms with Crippen molar-refractivity contribution in [3.8, 4) is 0 Å². The number of nitrogens with one attached hydrogen (secondary N) is 2. The van der Waals surface area contributed by atoms with Crippen molar-refractivity contribution in [1.29, 1.82) is 0 Å². The average Bonchev–Trinajstić information content (AvgIpc) is 2.81. The molecule has 2 amide bonds. The first kappa shape index (κ1) is 14.3. The van der Waals surface area contributed by atoms with Crippen LogP contribution in [0.3, 0.4) is 0 Å². The summed E-state index contributed by atoms with van der Waals surface area (Å²) in [5.74, 6) is -0.268. The largest absolute Gasteiger partial charge is 0.326 e. The van der Waals surface area contributed by atoms with Gasteiger partial charge in [0.1, 0.15) is 0 Å². The highest BCUT2D eigenvalue weighted by Gasteiger charge is 2.19. The molecule has 0 radical (unpaired) electrons. The van der Waals surface area contributed by atoms with Crippen LogP contribution < -0.4 is 10.6 Å². The standard InChI is InChI=1S/C15H10Br2N2O2/c16-10-3-4-11(17)13(7-10)19-15(21)9-2-1-8-6-14(20)18-12(8)5-9/h1-5,7H,6H2,(H,18,20)(H,19,21). The Labute approximate surface area is 138 Å². The molecule has 3 rings (SSSR count). The van der Waals surface area contributed by atoms with Crippen LogP contribution >= 0.6 is 31.9 Å². The Balaban J connectivity index is 1.85. The number of halogens is 2. The van der Waals surface area contributed by atoms with Gasteiger partial charge in [-0.2, -0.15) is 0 Å². The summed E-state index contributed by atoms with van der Waals surface area (Å²) in [5, 5.41) is 5.58. The zero-order chi connectivity index (χ0) is 15.0. The van der Waals surface area contributed by atoms with Crippen molar-refractivity contribution in [1.82, 2.24) is 0 Å². The smallest absolute Gasteiger partial charge is 0.255 e. The van der Waals surface area contributed by atoms with Gasteiger partial charge in [-0.25, -0.2) is 0 Å². The lowest BCUT2D eigenvalue weighted by molar-refractivity contribution is -0.115. The minimum atomic E-state index is -0.224. The first-order chi connectivity index (χ1) is 10.0. The summed E-state index contributed by atoms with van der Waals surface area (Å²) >= 11 is 6.77. The predicted molar refractivity (Wildman–Crippen MR) is 88.6 cm³/mol. The Morgan fingerprint density at radius 3 is 2.76 bits per heavy atom. The minimum absolute atomic E-state index is 0.0442. The van der Waals surface area contributed by atoms with Crippen LogP contribution in [0.1, 0.15) is 15.9 Å². The van der Waals surface area contributed by atoms with Crippen molar-refractivity contribution in [3.63, 3.8) is 0 Å². The number of fused-ring (bicyclic) bond motifs is 1. The molecule has 0 fully saturated rings. The molecular weight excluding hydrogens is 400 g/mol. The third-order valence-corrected chi connectivity index (χ3v) is 4.36. The molecule has 0 unspecified atom stereocenters. The number of carbonyl (C=O) groups is 2. The molecule has 1 heterocycles. The normalized spacial score (nSPS) is 12.8. The first-order valence-corrected chi connectivity index (χ1v) is 7.81. The Kier molecular flexibility index (Phi) is 3.82. The van der Waals surface area contributed by atoms with E-state index in [9.17, 15) is 9.59 Å². The minimum Gasteiger partial charge on any atom is -0.326 e. The van der Waals surface area contributed by atoms with E-state index in [2.05, 4.69) is 42.5 Å². The summed E-state index contributed by atoms with van der Waals surface area (Å²) in [6, 6.07) is 10.8. The van der Waals surface area contributed by atoms with E-state index in [0.29, 0.717) is 23.4 Å². The third kappa shape index (κ3) is 3.01. The number of hydrogen-bond donors (Lipinski definition) is 2. The zero-order valence-corrected chi connectivity index (χ0v) is 13.9. The lowest BCUT2D eigenvalue weighted by atomic mass is 10.1. The Morgan fingerprint density at radius 2 is 1.95 bits per heavy atom. The highest BCUT2D eigenvalue weighted by atomic mass is 79.9. The summed E-state index contributed by atoms with van der Waals surface area (Å²) in [4.78, 5) is 23.6. The summed E-state index contributed by atoms with van der Waals surface area (Å²) < 4.78 is 1.68. The van der Waals surface area contributed by atoms with E-state index in [1.807, 2.05) is 18.2 Å².